The third kappa shape index (κ3) is 7.52. The van der Waals surface area contributed by atoms with Crippen LogP contribution in [0.4, 0.5) is 10.1 Å². The maximum absolute atomic E-state index is 13.7. The smallest absolute Gasteiger partial charge is 0.243 e. The van der Waals surface area contributed by atoms with Crippen LogP contribution in [0.25, 0.3) is 10.8 Å². The first-order valence-electron chi connectivity index (χ1n) is 13.0. The maximum atomic E-state index is 13.7. The topological polar surface area (TPSA) is 127 Å². The van der Waals surface area contributed by atoms with E-state index in [0.717, 1.165) is 28.5 Å². The summed E-state index contributed by atoms with van der Waals surface area (Å²) in [6.07, 6.45) is 2.74. The number of aliphatic hydroxyl groups is 1. The van der Waals surface area contributed by atoms with Crippen LogP contribution in [0, 0.1) is 17.7 Å². The number of unbranched alkanes of at least 4 members (excludes halogenated alkanes) is 1. The standard InChI is InChI=1S/C29H38FN3O4S/c1-20(2)18-33(38(36,37)26-13-14-27(30)28(31)17-26)25(19-34)10-6-5-9-24(29(32)35)16-21-11-12-22-7-3-4-8-23(22)15-21/h3-4,7-8,11-15,17,20,24-25,34H,5-6,9-10,16,18-19,31H2,1-2H3,(H2,32,35). The van der Waals surface area contributed by atoms with E-state index in [9.17, 15) is 22.7 Å². The summed E-state index contributed by atoms with van der Waals surface area (Å²) < 4.78 is 41.8. The number of anilines is 1. The minimum atomic E-state index is -4.02. The number of carbonyl (C=O) groups excluding carboxylic acids is 1. The average molecular weight is 544 g/mol. The molecule has 38 heavy (non-hydrogen) atoms. The van der Waals surface area contributed by atoms with Gasteiger partial charge in [-0.15, -0.1) is 0 Å². The molecule has 0 saturated heterocycles. The fraction of sp³-hybridized carbons (Fsp3) is 0.414. The fourth-order valence-corrected chi connectivity index (χ4v) is 6.56. The van der Waals surface area contributed by atoms with Crippen LogP contribution in [0.5, 0.6) is 0 Å². The van der Waals surface area contributed by atoms with Gasteiger partial charge in [0.1, 0.15) is 5.82 Å². The van der Waals surface area contributed by atoms with Gasteiger partial charge in [0.05, 0.1) is 17.2 Å². The molecule has 0 bridgehead atoms. The third-order valence-corrected chi connectivity index (χ3v) is 8.69. The van der Waals surface area contributed by atoms with Crippen molar-refractivity contribution < 1.29 is 22.7 Å². The van der Waals surface area contributed by atoms with Gasteiger partial charge in [-0.05, 0) is 59.7 Å². The number of nitrogens with two attached hydrogens (primary N) is 2. The molecule has 9 heteroatoms. The second-order valence-corrected chi connectivity index (χ2v) is 12.1. The van der Waals surface area contributed by atoms with Crippen molar-refractivity contribution in [2.45, 2.75) is 56.9 Å². The van der Waals surface area contributed by atoms with Gasteiger partial charge in [0.2, 0.25) is 15.9 Å². The molecule has 0 aromatic heterocycles. The van der Waals surface area contributed by atoms with Gasteiger partial charge in [0.15, 0.2) is 0 Å². The zero-order valence-electron chi connectivity index (χ0n) is 22.0. The summed E-state index contributed by atoms with van der Waals surface area (Å²) >= 11 is 0. The molecule has 3 aromatic carbocycles. The third-order valence-electron chi connectivity index (χ3n) is 6.78. The van der Waals surface area contributed by atoms with E-state index < -0.39 is 21.9 Å². The van der Waals surface area contributed by atoms with Crippen LogP contribution in [0.15, 0.2) is 65.6 Å². The van der Waals surface area contributed by atoms with Crippen LogP contribution in [-0.2, 0) is 21.2 Å². The first-order chi connectivity index (χ1) is 18.0. The monoisotopic (exact) mass is 543 g/mol. The van der Waals surface area contributed by atoms with Crippen LogP contribution in [0.1, 0.15) is 45.1 Å². The summed E-state index contributed by atoms with van der Waals surface area (Å²) in [7, 11) is -4.02. The van der Waals surface area contributed by atoms with Crippen molar-refractivity contribution in [1.29, 1.82) is 0 Å². The number of nitrogens with zero attached hydrogens (tertiary/aromatic N) is 1. The van der Waals surface area contributed by atoms with Gasteiger partial charge in [0.25, 0.3) is 0 Å². The van der Waals surface area contributed by atoms with E-state index in [2.05, 4.69) is 6.07 Å². The number of hydrogen-bond donors (Lipinski definition) is 3. The van der Waals surface area contributed by atoms with Crippen LogP contribution < -0.4 is 11.5 Å². The van der Waals surface area contributed by atoms with E-state index in [4.69, 9.17) is 11.5 Å². The van der Waals surface area contributed by atoms with E-state index in [1.807, 2.05) is 50.2 Å². The van der Waals surface area contributed by atoms with Crippen LogP contribution in [0.3, 0.4) is 0 Å². The van der Waals surface area contributed by atoms with E-state index >= 15 is 0 Å². The SMILES string of the molecule is CC(C)CN(C(CO)CCCCC(Cc1ccc2ccccc2c1)C(N)=O)S(=O)(=O)c1ccc(F)c(N)c1. The highest BCUT2D eigenvalue weighted by molar-refractivity contribution is 7.89. The molecular weight excluding hydrogens is 505 g/mol. The van der Waals surface area contributed by atoms with Crippen LogP contribution in [0.2, 0.25) is 0 Å². The number of nitrogen functional groups attached to an aromatic ring is 1. The Morgan fingerprint density at radius 3 is 2.32 bits per heavy atom. The van der Waals surface area contributed by atoms with Gasteiger partial charge in [-0.25, -0.2) is 12.8 Å². The van der Waals surface area contributed by atoms with Gasteiger partial charge >= 0.3 is 0 Å². The zero-order chi connectivity index (χ0) is 27.9. The first-order valence-corrected chi connectivity index (χ1v) is 14.4. The highest BCUT2D eigenvalue weighted by atomic mass is 32.2. The predicted molar refractivity (Wildman–Crippen MR) is 149 cm³/mol. The number of sulfonamides is 1. The molecule has 3 aromatic rings. The lowest BCUT2D eigenvalue weighted by Crippen LogP contribution is -2.44. The molecule has 1 amide bonds. The number of benzene rings is 3. The van der Waals surface area contributed by atoms with Gasteiger partial charge in [-0.1, -0.05) is 69.2 Å². The molecule has 0 aliphatic rings. The molecular formula is C29H38FN3O4S. The van der Waals surface area contributed by atoms with Crippen molar-refractivity contribution in [2.75, 3.05) is 18.9 Å². The molecule has 206 valence electrons. The molecule has 0 radical (unpaired) electrons. The average Bonchev–Trinajstić information content (AvgIpc) is 2.88. The molecule has 2 atom stereocenters. The summed E-state index contributed by atoms with van der Waals surface area (Å²) in [5, 5.41) is 12.4. The normalized spacial score (nSPS) is 13.7. The zero-order valence-corrected chi connectivity index (χ0v) is 22.8. The van der Waals surface area contributed by atoms with Crippen molar-refractivity contribution in [3.8, 4) is 0 Å². The van der Waals surface area contributed by atoms with E-state index in [1.165, 1.54) is 10.4 Å². The molecule has 5 N–H and O–H groups in total. The molecule has 0 aliphatic heterocycles. The number of amides is 1. The van der Waals surface area contributed by atoms with Crippen molar-refractivity contribution in [3.63, 3.8) is 0 Å². The van der Waals surface area contributed by atoms with Crippen molar-refractivity contribution in [1.82, 2.24) is 4.31 Å². The molecule has 0 saturated carbocycles. The summed E-state index contributed by atoms with van der Waals surface area (Å²) in [6, 6.07) is 16.8. The first kappa shape index (κ1) is 29.5. The Bertz CT molecular complexity index is 1350. The summed E-state index contributed by atoms with van der Waals surface area (Å²) in [4.78, 5) is 12.1. The van der Waals surface area contributed by atoms with Gasteiger partial charge in [-0.2, -0.15) is 4.31 Å². The lowest BCUT2D eigenvalue weighted by Gasteiger charge is -2.31. The number of carbonyl (C=O) groups is 1. The second-order valence-electron chi connectivity index (χ2n) is 10.3. The largest absolute Gasteiger partial charge is 0.396 e. The highest BCUT2D eigenvalue weighted by Gasteiger charge is 2.32. The molecule has 2 unspecified atom stereocenters. The van der Waals surface area contributed by atoms with E-state index in [1.54, 1.807) is 0 Å². The Morgan fingerprint density at radius 1 is 1.00 bits per heavy atom. The molecule has 0 spiro atoms. The number of hydrogen-bond acceptors (Lipinski definition) is 5. The number of rotatable bonds is 14. The lowest BCUT2D eigenvalue weighted by molar-refractivity contribution is -0.122. The number of primary amides is 1. The van der Waals surface area contributed by atoms with Crippen molar-refractivity contribution in [2.24, 2.45) is 17.6 Å². The molecule has 0 aliphatic carbocycles. The Morgan fingerprint density at radius 2 is 1.68 bits per heavy atom. The molecule has 0 fully saturated rings. The summed E-state index contributed by atoms with van der Waals surface area (Å²) in [5.74, 6) is -1.40. The lowest BCUT2D eigenvalue weighted by atomic mass is 9.91. The van der Waals surface area contributed by atoms with E-state index in [-0.39, 0.29) is 41.5 Å². The van der Waals surface area contributed by atoms with Crippen molar-refractivity contribution in [3.05, 3.63) is 72.0 Å². The van der Waals surface area contributed by atoms with Gasteiger partial charge in [-0.3, -0.25) is 4.79 Å². The van der Waals surface area contributed by atoms with Gasteiger partial charge < -0.3 is 16.6 Å². The molecule has 3 rings (SSSR count). The highest BCUT2D eigenvalue weighted by Crippen LogP contribution is 2.26. The predicted octanol–water partition coefficient (Wildman–Crippen LogP) is 4.47. The Kier molecular flexibility index (Phi) is 10.2. The summed E-state index contributed by atoms with van der Waals surface area (Å²) in [5.41, 5.74) is 12.1. The van der Waals surface area contributed by atoms with E-state index in [0.29, 0.717) is 32.1 Å². The number of fused-ring (bicyclic) bond motifs is 1. The Hall–Kier alpha value is -3.01. The minimum absolute atomic E-state index is 0.00202. The second kappa shape index (κ2) is 13.2. The fourth-order valence-electron chi connectivity index (χ4n) is 4.71. The maximum Gasteiger partial charge on any atom is 0.243 e. The van der Waals surface area contributed by atoms with Crippen LogP contribution in [-0.4, -0.2) is 42.9 Å². The quantitative estimate of drug-likeness (QED) is 0.204. The van der Waals surface area contributed by atoms with Crippen molar-refractivity contribution >= 4 is 32.4 Å². The number of halogens is 1. The van der Waals surface area contributed by atoms with Gasteiger partial charge in [0, 0.05) is 18.5 Å². The summed E-state index contributed by atoms with van der Waals surface area (Å²) in [6.45, 7) is 3.61. The molecule has 7 nitrogen and oxygen atoms in total. The number of aliphatic hydroxyl groups excluding tert-OH is 1. The molecule has 0 heterocycles. The Balaban J connectivity index is 1.66. The Labute approximate surface area is 224 Å². The van der Waals surface area contributed by atoms with Crippen LogP contribution >= 0.6 is 0 Å². The minimum Gasteiger partial charge on any atom is -0.396 e.